The van der Waals surface area contributed by atoms with E-state index in [-0.39, 0.29) is 17.9 Å². The molecule has 0 saturated carbocycles. The van der Waals surface area contributed by atoms with Crippen molar-refractivity contribution in [2.75, 3.05) is 13.1 Å². The number of carboxylic acid groups (broad SMARTS) is 1. The van der Waals surface area contributed by atoms with E-state index in [1.807, 2.05) is 0 Å². The van der Waals surface area contributed by atoms with Crippen LogP contribution in [-0.4, -0.2) is 30.2 Å². The van der Waals surface area contributed by atoms with E-state index < -0.39 is 5.97 Å². The molecule has 122 valence electrons. The van der Waals surface area contributed by atoms with E-state index in [9.17, 15) is 9.59 Å². The number of hydrogen-bond acceptors (Lipinski definition) is 2. The molecule has 0 heterocycles. The zero-order valence-electron chi connectivity index (χ0n) is 13.8. The predicted molar refractivity (Wildman–Crippen MR) is 87.2 cm³/mol. The second-order valence-electron chi connectivity index (χ2n) is 6.31. The second-order valence-corrected chi connectivity index (χ2v) is 6.31. The maximum atomic E-state index is 11.7. The van der Waals surface area contributed by atoms with Gasteiger partial charge in [-0.3, -0.25) is 4.79 Å². The summed E-state index contributed by atoms with van der Waals surface area (Å²) < 4.78 is 0. The largest absolute Gasteiger partial charge is 0.481 e. The van der Waals surface area contributed by atoms with Crippen LogP contribution in [0.15, 0.2) is 18.2 Å². The minimum atomic E-state index is -0.849. The van der Waals surface area contributed by atoms with Crippen LogP contribution in [-0.2, 0) is 10.2 Å². The second kappa shape index (κ2) is 7.82. The summed E-state index contributed by atoms with van der Waals surface area (Å²) in [7, 11) is 0. The number of rotatable bonds is 7. The normalized spacial score (nSPS) is 11.1. The molecule has 0 saturated heterocycles. The van der Waals surface area contributed by atoms with Gasteiger partial charge in [0, 0.05) is 24.9 Å². The lowest BCUT2D eigenvalue weighted by Crippen LogP contribution is -2.42. The van der Waals surface area contributed by atoms with Gasteiger partial charge in [-0.05, 0) is 31.4 Å². The van der Waals surface area contributed by atoms with Crippen LogP contribution in [0.4, 0.5) is 4.79 Å². The maximum absolute atomic E-state index is 11.7. The smallest absolute Gasteiger partial charge is 0.314 e. The summed E-state index contributed by atoms with van der Waals surface area (Å²) in [5.41, 5.74) is 3.48. The molecule has 0 fully saturated rings. The molecule has 0 aromatic heterocycles. The number of benzene rings is 1. The Morgan fingerprint density at radius 2 is 1.86 bits per heavy atom. The molecule has 2 amide bonds. The number of carboxylic acids is 1. The molecule has 3 N–H and O–H groups in total. The molecule has 0 aliphatic rings. The lowest BCUT2D eigenvalue weighted by molar-refractivity contribution is -0.137. The Morgan fingerprint density at radius 3 is 2.45 bits per heavy atom. The van der Waals surface area contributed by atoms with E-state index in [0.29, 0.717) is 19.5 Å². The highest BCUT2D eigenvalue weighted by atomic mass is 16.4. The Kier molecular flexibility index (Phi) is 6.40. The minimum Gasteiger partial charge on any atom is -0.481 e. The number of urea groups is 1. The molecule has 0 spiro atoms. The third-order valence-electron chi connectivity index (χ3n) is 3.65. The van der Waals surface area contributed by atoms with Crippen LogP contribution in [0.2, 0.25) is 0 Å². The maximum Gasteiger partial charge on any atom is 0.314 e. The topological polar surface area (TPSA) is 78.4 Å². The van der Waals surface area contributed by atoms with Gasteiger partial charge in [0.15, 0.2) is 0 Å². The fourth-order valence-electron chi connectivity index (χ4n) is 2.47. The summed E-state index contributed by atoms with van der Waals surface area (Å²) in [6.07, 6.45) is 0.498. The molecule has 1 aromatic rings. The van der Waals surface area contributed by atoms with E-state index in [1.54, 1.807) is 0 Å². The molecular weight excluding hydrogens is 280 g/mol. The van der Waals surface area contributed by atoms with Crippen LogP contribution in [0.1, 0.15) is 43.4 Å². The van der Waals surface area contributed by atoms with Crippen LogP contribution >= 0.6 is 0 Å². The quantitative estimate of drug-likeness (QED) is 0.678. The summed E-state index contributed by atoms with van der Waals surface area (Å²) >= 11 is 0. The number of carbonyl (C=O) groups is 2. The number of nitrogens with one attached hydrogen (secondary N) is 2. The van der Waals surface area contributed by atoms with Gasteiger partial charge in [0.2, 0.25) is 0 Å². The fraction of sp³-hybridized carbons (Fsp3) is 0.529. The van der Waals surface area contributed by atoms with Crippen molar-refractivity contribution in [1.82, 2.24) is 10.6 Å². The van der Waals surface area contributed by atoms with Gasteiger partial charge in [-0.1, -0.05) is 37.6 Å². The molecule has 0 radical (unpaired) electrons. The van der Waals surface area contributed by atoms with Gasteiger partial charge in [-0.15, -0.1) is 0 Å². The number of aryl methyl sites for hydroxylation is 2. The molecule has 0 unspecified atom stereocenters. The third kappa shape index (κ3) is 5.76. The van der Waals surface area contributed by atoms with Gasteiger partial charge in [-0.25, -0.2) is 4.79 Å². The standard InChI is InChI=1S/C17H26N2O3/c1-12-7-8-14(13(2)10-12)17(3,4)11-19-16(22)18-9-5-6-15(20)21/h7-8,10H,5-6,9,11H2,1-4H3,(H,20,21)(H2,18,19,22). The average molecular weight is 306 g/mol. The molecule has 1 aromatic carbocycles. The monoisotopic (exact) mass is 306 g/mol. The van der Waals surface area contributed by atoms with E-state index in [2.05, 4.69) is 56.5 Å². The minimum absolute atomic E-state index is 0.0638. The van der Waals surface area contributed by atoms with Crippen molar-refractivity contribution in [2.24, 2.45) is 0 Å². The Balaban J connectivity index is 2.48. The van der Waals surface area contributed by atoms with Crippen molar-refractivity contribution >= 4 is 12.0 Å². The molecule has 0 atom stereocenters. The molecular formula is C17H26N2O3. The first-order valence-electron chi connectivity index (χ1n) is 7.53. The highest BCUT2D eigenvalue weighted by Gasteiger charge is 2.23. The average Bonchev–Trinajstić information content (AvgIpc) is 2.41. The fourth-order valence-corrected chi connectivity index (χ4v) is 2.47. The molecule has 22 heavy (non-hydrogen) atoms. The molecule has 1 rings (SSSR count). The molecule has 5 heteroatoms. The number of hydrogen-bond donors (Lipinski definition) is 3. The lowest BCUT2D eigenvalue weighted by Gasteiger charge is -2.27. The highest BCUT2D eigenvalue weighted by molar-refractivity contribution is 5.74. The van der Waals surface area contributed by atoms with Crippen LogP contribution in [0, 0.1) is 13.8 Å². The zero-order chi connectivity index (χ0) is 16.8. The van der Waals surface area contributed by atoms with E-state index in [4.69, 9.17) is 5.11 Å². The third-order valence-corrected chi connectivity index (χ3v) is 3.65. The summed E-state index contributed by atoms with van der Waals surface area (Å²) in [6, 6.07) is 6.07. The van der Waals surface area contributed by atoms with E-state index in [1.165, 1.54) is 16.7 Å². The van der Waals surface area contributed by atoms with Gasteiger partial charge >= 0.3 is 12.0 Å². The van der Waals surface area contributed by atoms with Crippen molar-refractivity contribution in [3.63, 3.8) is 0 Å². The van der Waals surface area contributed by atoms with Gasteiger partial charge < -0.3 is 15.7 Å². The lowest BCUT2D eigenvalue weighted by atomic mass is 9.81. The zero-order valence-corrected chi connectivity index (χ0v) is 13.8. The number of carbonyl (C=O) groups excluding carboxylic acids is 1. The molecule has 0 aliphatic heterocycles. The predicted octanol–water partition coefficient (Wildman–Crippen LogP) is 2.75. The highest BCUT2D eigenvalue weighted by Crippen LogP contribution is 2.26. The molecule has 0 aliphatic carbocycles. The van der Waals surface area contributed by atoms with Crippen molar-refractivity contribution in [3.8, 4) is 0 Å². The SMILES string of the molecule is Cc1ccc(C(C)(C)CNC(=O)NCCCC(=O)O)c(C)c1. The van der Waals surface area contributed by atoms with Gasteiger partial charge in [0.05, 0.1) is 0 Å². The Hall–Kier alpha value is -2.04. The summed E-state index contributed by atoms with van der Waals surface area (Å²) in [6.45, 7) is 9.21. The Morgan fingerprint density at radius 1 is 1.18 bits per heavy atom. The van der Waals surface area contributed by atoms with Crippen molar-refractivity contribution in [1.29, 1.82) is 0 Å². The number of amides is 2. The van der Waals surface area contributed by atoms with E-state index in [0.717, 1.165) is 0 Å². The molecule has 5 nitrogen and oxygen atoms in total. The molecule has 0 bridgehead atoms. The number of aliphatic carboxylic acids is 1. The van der Waals surface area contributed by atoms with Gasteiger partial charge in [0.1, 0.15) is 0 Å². The van der Waals surface area contributed by atoms with E-state index >= 15 is 0 Å². The van der Waals surface area contributed by atoms with Crippen LogP contribution in [0.3, 0.4) is 0 Å². The van der Waals surface area contributed by atoms with Crippen LogP contribution in [0.25, 0.3) is 0 Å². The summed E-state index contributed by atoms with van der Waals surface area (Å²) in [5.74, 6) is -0.849. The van der Waals surface area contributed by atoms with Gasteiger partial charge in [0.25, 0.3) is 0 Å². The van der Waals surface area contributed by atoms with Crippen LogP contribution in [0.5, 0.6) is 0 Å². The first-order valence-corrected chi connectivity index (χ1v) is 7.53. The van der Waals surface area contributed by atoms with Gasteiger partial charge in [-0.2, -0.15) is 0 Å². The summed E-state index contributed by atoms with van der Waals surface area (Å²) in [5, 5.41) is 14.1. The summed E-state index contributed by atoms with van der Waals surface area (Å²) in [4.78, 5) is 22.1. The first-order chi connectivity index (χ1) is 10.2. The van der Waals surface area contributed by atoms with Crippen molar-refractivity contribution in [2.45, 2.75) is 46.0 Å². The first kappa shape index (κ1) is 18.0. The Labute approximate surface area is 132 Å². The Bertz CT molecular complexity index is 539. The van der Waals surface area contributed by atoms with Crippen LogP contribution < -0.4 is 10.6 Å². The van der Waals surface area contributed by atoms with Crippen molar-refractivity contribution in [3.05, 3.63) is 34.9 Å². The van der Waals surface area contributed by atoms with Crippen molar-refractivity contribution < 1.29 is 14.7 Å².